The van der Waals surface area contributed by atoms with Gasteiger partial charge in [0.05, 0.1) is 18.8 Å². The van der Waals surface area contributed by atoms with Crippen LogP contribution in [0.3, 0.4) is 0 Å². The number of carbonyl (C=O) groups is 1. The second kappa shape index (κ2) is 6.82. The number of para-hydroxylation sites is 2. The van der Waals surface area contributed by atoms with Gasteiger partial charge in [0.1, 0.15) is 17.4 Å². The molecule has 0 saturated carbocycles. The summed E-state index contributed by atoms with van der Waals surface area (Å²) >= 11 is 1.29. The molecule has 2 amide bonds. The molecule has 0 bridgehead atoms. The van der Waals surface area contributed by atoms with Crippen LogP contribution in [0.1, 0.15) is 6.92 Å². The number of rotatable bonds is 4. The van der Waals surface area contributed by atoms with Crippen molar-refractivity contribution in [2.45, 2.75) is 13.0 Å². The van der Waals surface area contributed by atoms with E-state index in [0.717, 1.165) is 24.5 Å². The van der Waals surface area contributed by atoms with Gasteiger partial charge in [0, 0.05) is 13.6 Å². The van der Waals surface area contributed by atoms with Gasteiger partial charge in [0.15, 0.2) is 0 Å². The molecule has 0 radical (unpaired) electrons. The standard InChI is InChI=1S/C15H19N5O2S/c1-3-20-9-11(22-13-7-5-4-6-12(13)20)8-19(2)15(21)17-14-18-16-10-23-14/h4-7,10-11H,3,8-9H2,1-2H3,(H,17,18,21)/t11-/m1/s1. The smallest absolute Gasteiger partial charge is 0.323 e. The van der Waals surface area contributed by atoms with Gasteiger partial charge in [-0.05, 0) is 19.1 Å². The Morgan fingerprint density at radius 1 is 1.52 bits per heavy atom. The molecular formula is C15H19N5O2S. The first kappa shape index (κ1) is 15.5. The Labute approximate surface area is 138 Å². The van der Waals surface area contributed by atoms with E-state index in [0.29, 0.717) is 11.7 Å². The van der Waals surface area contributed by atoms with Crippen LogP contribution >= 0.6 is 11.3 Å². The number of likely N-dealkylation sites (N-methyl/N-ethyl adjacent to an activating group) is 2. The van der Waals surface area contributed by atoms with E-state index in [1.807, 2.05) is 18.2 Å². The second-order valence-corrected chi connectivity index (χ2v) is 6.13. The van der Waals surface area contributed by atoms with Crippen LogP contribution in [0.25, 0.3) is 0 Å². The van der Waals surface area contributed by atoms with Crippen LogP contribution in [-0.2, 0) is 0 Å². The topological polar surface area (TPSA) is 70.6 Å². The molecule has 0 unspecified atom stereocenters. The first-order valence-electron chi connectivity index (χ1n) is 7.46. The van der Waals surface area contributed by atoms with Crippen molar-refractivity contribution < 1.29 is 9.53 Å². The van der Waals surface area contributed by atoms with Crippen molar-refractivity contribution in [2.75, 3.05) is 36.9 Å². The van der Waals surface area contributed by atoms with Gasteiger partial charge in [-0.15, -0.1) is 10.2 Å². The fourth-order valence-corrected chi connectivity index (χ4v) is 3.01. The number of aromatic nitrogens is 2. The lowest BCUT2D eigenvalue weighted by Gasteiger charge is -2.37. The minimum Gasteiger partial charge on any atom is -0.485 e. The summed E-state index contributed by atoms with van der Waals surface area (Å²) in [4.78, 5) is 16.0. The van der Waals surface area contributed by atoms with Gasteiger partial charge >= 0.3 is 6.03 Å². The van der Waals surface area contributed by atoms with Gasteiger partial charge in [0.2, 0.25) is 5.13 Å². The number of amides is 2. The lowest BCUT2D eigenvalue weighted by atomic mass is 10.2. The Balaban J connectivity index is 1.63. The number of urea groups is 1. The summed E-state index contributed by atoms with van der Waals surface area (Å²) in [5, 5.41) is 10.7. The van der Waals surface area contributed by atoms with Gasteiger partial charge in [-0.1, -0.05) is 23.5 Å². The van der Waals surface area contributed by atoms with Crippen LogP contribution in [0.2, 0.25) is 0 Å². The molecule has 0 spiro atoms. The predicted molar refractivity (Wildman–Crippen MR) is 90.3 cm³/mol. The average Bonchev–Trinajstić information content (AvgIpc) is 3.07. The fourth-order valence-electron chi connectivity index (χ4n) is 2.58. The molecule has 0 saturated heterocycles. The molecule has 1 N–H and O–H groups in total. The van der Waals surface area contributed by atoms with Crippen molar-refractivity contribution in [1.82, 2.24) is 15.1 Å². The Kier molecular flexibility index (Phi) is 4.61. The summed E-state index contributed by atoms with van der Waals surface area (Å²) in [5.41, 5.74) is 2.68. The first-order valence-corrected chi connectivity index (χ1v) is 8.34. The van der Waals surface area contributed by atoms with Crippen LogP contribution < -0.4 is 15.0 Å². The van der Waals surface area contributed by atoms with Gasteiger partial charge in [-0.25, -0.2) is 4.79 Å². The summed E-state index contributed by atoms with van der Waals surface area (Å²) in [6.07, 6.45) is -0.0741. The highest BCUT2D eigenvalue weighted by Gasteiger charge is 2.26. The highest BCUT2D eigenvalue weighted by molar-refractivity contribution is 7.13. The highest BCUT2D eigenvalue weighted by Crippen LogP contribution is 2.32. The largest absolute Gasteiger partial charge is 0.485 e. The Morgan fingerprint density at radius 2 is 2.35 bits per heavy atom. The Morgan fingerprint density at radius 3 is 3.09 bits per heavy atom. The van der Waals surface area contributed by atoms with Crippen molar-refractivity contribution in [3.8, 4) is 5.75 Å². The van der Waals surface area contributed by atoms with Crippen LogP contribution in [0, 0.1) is 0 Å². The third-order valence-electron chi connectivity index (χ3n) is 3.70. The molecule has 1 aromatic heterocycles. The molecule has 1 aliphatic heterocycles. The number of hydrogen-bond acceptors (Lipinski definition) is 6. The zero-order valence-corrected chi connectivity index (χ0v) is 13.9. The van der Waals surface area contributed by atoms with Crippen LogP contribution in [-0.4, -0.2) is 53.9 Å². The van der Waals surface area contributed by atoms with E-state index in [9.17, 15) is 4.79 Å². The van der Waals surface area contributed by atoms with Crippen molar-refractivity contribution in [2.24, 2.45) is 0 Å². The molecule has 122 valence electrons. The number of hydrogen-bond donors (Lipinski definition) is 1. The van der Waals surface area contributed by atoms with Crippen molar-refractivity contribution in [1.29, 1.82) is 0 Å². The van der Waals surface area contributed by atoms with Gasteiger partial charge in [-0.2, -0.15) is 0 Å². The van der Waals surface area contributed by atoms with Crippen LogP contribution in [0.4, 0.5) is 15.6 Å². The molecule has 8 heteroatoms. The maximum atomic E-state index is 12.2. The van der Waals surface area contributed by atoms with E-state index in [1.54, 1.807) is 17.5 Å². The number of fused-ring (bicyclic) bond motifs is 1. The summed E-state index contributed by atoms with van der Waals surface area (Å²) in [5.74, 6) is 0.864. The third kappa shape index (κ3) is 3.53. The quantitative estimate of drug-likeness (QED) is 0.929. The average molecular weight is 333 g/mol. The zero-order chi connectivity index (χ0) is 16.2. The van der Waals surface area contributed by atoms with Gasteiger partial charge < -0.3 is 14.5 Å². The highest BCUT2D eigenvalue weighted by atomic mass is 32.1. The Hall–Kier alpha value is -2.35. The van der Waals surface area contributed by atoms with E-state index < -0.39 is 0 Å². The molecule has 2 aromatic rings. The minimum atomic E-state index is -0.216. The second-order valence-electron chi connectivity index (χ2n) is 5.30. The number of carbonyl (C=O) groups excluding carboxylic acids is 1. The van der Waals surface area contributed by atoms with Crippen molar-refractivity contribution in [3.05, 3.63) is 29.8 Å². The summed E-state index contributed by atoms with van der Waals surface area (Å²) in [6.45, 7) is 4.27. The fraction of sp³-hybridized carbons (Fsp3) is 0.400. The van der Waals surface area contributed by atoms with Crippen molar-refractivity contribution >= 4 is 28.2 Å². The number of benzene rings is 1. The van der Waals surface area contributed by atoms with E-state index in [1.165, 1.54) is 11.3 Å². The maximum absolute atomic E-state index is 12.2. The molecule has 0 fully saturated rings. The normalized spacial score (nSPS) is 16.4. The molecule has 7 nitrogen and oxygen atoms in total. The van der Waals surface area contributed by atoms with Crippen molar-refractivity contribution in [3.63, 3.8) is 0 Å². The number of ether oxygens (including phenoxy) is 1. The molecule has 0 aliphatic carbocycles. The summed E-state index contributed by atoms with van der Waals surface area (Å²) in [7, 11) is 1.75. The van der Waals surface area contributed by atoms with E-state index >= 15 is 0 Å². The van der Waals surface area contributed by atoms with Gasteiger partial charge in [-0.3, -0.25) is 5.32 Å². The molecule has 1 atom stereocenters. The lowest BCUT2D eigenvalue weighted by Crippen LogP contribution is -2.47. The van der Waals surface area contributed by atoms with E-state index in [2.05, 4.69) is 33.4 Å². The van der Waals surface area contributed by atoms with E-state index in [-0.39, 0.29) is 12.1 Å². The molecule has 23 heavy (non-hydrogen) atoms. The van der Waals surface area contributed by atoms with Gasteiger partial charge in [0.25, 0.3) is 0 Å². The van der Waals surface area contributed by atoms with E-state index in [4.69, 9.17) is 4.74 Å². The number of anilines is 2. The van der Waals surface area contributed by atoms with Crippen LogP contribution in [0.15, 0.2) is 29.8 Å². The SMILES string of the molecule is CCN1C[C@@H](CN(C)C(=O)Nc2nncs2)Oc2ccccc21. The maximum Gasteiger partial charge on any atom is 0.323 e. The molecule has 1 aromatic carbocycles. The van der Waals surface area contributed by atoms with Crippen LogP contribution in [0.5, 0.6) is 5.75 Å². The number of nitrogens with one attached hydrogen (secondary N) is 1. The predicted octanol–water partition coefficient (Wildman–Crippen LogP) is 2.29. The zero-order valence-electron chi connectivity index (χ0n) is 13.1. The minimum absolute atomic E-state index is 0.0741. The summed E-state index contributed by atoms with van der Waals surface area (Å²) in [6, 6.07) is 7.77. The third-order valence-corrected chi connectivity index (χ3v) is 4.31. The molecule has 1 aliphatic rings. The number of nitrogens with zero attached hydrogens (tertiary/aromatic N) is 4. The molecular weight excluding hydrogens is 314 g/mol. The monoisotopic (exact) mass is 333 g/mol. The molecule has 3 rings (SSSR count). The molecule has 2 heterocycles. The lowest BCUT2D eigenvalue weighted by molar-refractivity contribution is 0.150. The summed E-state index contributed by atoms with van der Waals surface area (Å²) < 4.78 is 6.03. The first-order chi connectivity index (χ1) is 11.2. The Bertz CT molecular complexity index is 664.